The maximum Gasteiger partial charge on any atom is 0.193 e. The van der Waals surface area contributed by atoms with Crippen LogP contribution in [0.25, 0.3) is 0 Å². The molecule has 5 heteroatoms. The lowest BCUT2D eigenvalue weighted by Crippen LogP contribution is -2.42. The van der Waals surface area contributed by atoms with E-state index in [2.05, 4.69) is 65.3 Å². The lowest BCUT2D eigenvalue weighted by atomic mass is 10.2. The summed E-state index contributed by atoms with van der Waals surface area (Å²) in [7, 11) is 8.14. The van der Waals surface area contributed by atoms with Gasteiger partial charge >= 0.3 is 0 Å². The average molecular weight is 308 g/mol. The van der Waals surface area contributed by atoms with Gasteiger partial charge in [-0.3, -0.25) is 4.99 Å². The van der Waals surface area contributed by atoms with E-state index >= 15 is 0 Å². The summed E-state index contributed by atoms with van der Waals surface area (Å²) in [6, 6.07) is 4.66. The predicted molar refractivity (Wildman–Crippen MR) is 94.2 cm³/mol. The van der Waals surface area contributed by atoms with Gasteiger partial charge in [0.25, 0.3) is 0 Å². The Bertz CT molecular complexity index is 425. The molecule has 1 unspecified atom stereocenters. The highest BCUT2D eigenvalue weighted by atomic mass is 32.1. The third-order valence-corrected chi connectivity index (χ3v) is 4.40. The number of thiophene rings is 1. The number of hydrogen-bond donors (Lipinski definition) is 1. The Morgan fingerprint density at radius 1 is 1.48 bits per heavy atom. The number of guanidine groups is 1. The van der Waals surface area contributed by atoms with Gasteiger partial charge in [0.2, 0.25) is 0 Å². The molecule has 0 amide bonds. The summed E-state index contributed by atoms with van der Waals surface area (Å²) in [5.41, 5.74) is 0. The van der Waals surface area contributed by atoms with Crippen LogP contribution in [-0.2, 0) is 0 Å². The van der Waals surface area contributed by atoms with Gasteiger partial charge in [0, 0.05) is 32.1 Å². The third kappa shape index (κ3) is 5.89. The molecule has 1 heterocycles. The average Bonchev–Trinajstić information content (AvgIpc) is 2.97. The molecule has 0 bridgehead atoms. The smallest absolute Gasteiger partial charge is 0.193 e. The molecule has 1 rings (SSSR count). The fraction of sp³-hybridized carbons (Fsp3) is 0.562. The van der Waals surface area contributed by atoms with E-state index in [9.17, 15) is 0 Å². The van der Waals surface area contributed by atoms with Crippen LogP contribution in [0.2, 0.25) is 0 Å². The maximum absolute atomic E-state index is 4.37. The molecule has 0 aliphatic carbocycles. The lowest BCUT2D eigenvalue weighted by molar-refractivity contribution is 0.299. The minimum absolute atomic E-state index is 0.364. The Kier molecular flexibility index (Phi) is 8.08. The van der Waals surface area contributed by atoms with Crippen molar-refractivity contribution in [3.63, 3.8) is 0 Å². The second-order valence-electron chi connectivity index (χ2n) is 5.28. The molecular weight excluding hydrogens is 280 g/mol. The summed E-state index contributed by atoms with van der Waals surface area (Å²) in [6.45, 7) is 5.60. The number of nitrogens with zero attached hydrogens (tertiary/aromatic N) is 3. The van der Waals surface area contributed by atoms with Crippen molar-refractivity contribution >= 4 is 17.3 Å². The van der Waals surface area contributed by atoms with Crippen LogP contribution < -0.4 is 5.32 Å². The van der Waals surface area contributed by atoms with Crippen LogP contribution in [0.3, 0.4) is 0 Å². The monoisotopic (exact) mass is 308 g/mol. The van der Waals surface area contributed by atoms with Gasteiger partial charge in [-0.15, -0.1) is 17.9 Å². The van der Waals surface area contributed by atoms with Crippen molar-refractivity contribution in [1.29, 1.82) is 0 Å². The highest BCUT2D eigenvalue weighted by Gasteiger charge is 2.16. The molecule has 4 nitrogen and oxygen atoms in total. The molecule has 118 valence electrons. The molecule has 0 radical (unpaired) electrons. The van der Waals surface area contributed by atoms with Gasteiger partial charge in [-0.25, -0.2) is 0 Å². The fourth-order valence-corrected chi connectivity index (χ4v) is 3.09. The Morgan fingerprint density at radius 2 is 2.24 bits per heavy atom. The SMILES string of the molecule is C=CCCCN(C)C(=NC)NCC(c1cccs1)N(C)C. The summed E-state index contributed by atoms with van der Waals surface area (Å²) in [6.07, 6.45) is 4.10. The maximum atomic E-state index is 4.37. The van der Waals surface area contributed by atoms with Gasteiger partial charge in [-0.1, -0.05) is 12.1 Å². The van der Waals surface area contributed by atoms with Crippen molar-refractivity contribution in [2.24, 2.45) is 4.99 Å². The van der Waals surface area contributed by atoms with Crippen LogP contribution in [0.1, 0.15) is 23.8 Å². The first-order valence-electron chi connectivity index (χ1n) is 7.32. The zero-order chi connectivity index (χ0) is 15.7. The zero-order valence-corrected chi connectivity index (χ0v) is 14.5. The molecular formula is C16H28N4S. The van der Waals surface area contributed by atoms with Gasteiger partial charge in [0.05, 0.1) is 6.04 Å². The highest BCUT2D eigenvalue weighted by molar-refractivity contribution is 7.10. The first-order valence-corrected chi connectivity index (χ1v) is 8.20. The largest absolute Gasteiger partial charge is 0.354 e. The lowest BCUT2D eigenvalue weighted by Gasteiger charge is -2.27. The van der Waals surface area contributed by atoms with Gasteiger partial charge in [0.15, 0.2) is 5.96 Å². The Balaban J connectivity index is 2.54. The molecule has 0 aliphatic heterocycles. The number of allylic oxidation sites excluding steroid dienone is 1. The number of unbranched alkanes of at least 4 members (excludes halogenated alkanes) is 1. The molecule has 1 N–H and O–H groups in total. The first kappa shape index (κ1) is 17.7. The van der Waals surface area contributed by atoms with Gasteiger partial charge in [0.1, 0.15) is 0 Å². The summed E-state index contributed by atoms with van der Waals surface area (Å²) >= 11 is 1.80. The molecule has 1 aromatic heterocycles. The molecule has 1 aromatic rings. The molecule has 1 atom stereocenters. The van der Waals surface area contributed by atoms with Crippen LogP contribution in [0.15, 0.2) is 35.2 Å². The molecule has 0 spiro atoms. The normalized spacial score (nSPS) is 13.3. The van der Waals surface area contributed by atoms with Crippen molar-refractivity contribution in [2.75, 3.05) is 41.3 Å². The quantitative estimate of drug-likeness (QED) is 0.347. The fourth-order valence-electron chi connectivity index (χ4n) is 2.17. The third-order valence-electron chi connectivity index (χ3n) is 3.42. The van der Waals surface area contributed by atoms with Crippen LogP contribution in [0.5, 0.6) is 0 Å². The first-order chi connectivity index (χ1) is 10.1. The topological polar surface area (TPSA) is 30.9 Å². The van der Waals surface area contributed by atoms with Crippen molar-refractivity contribution in [2.45, 2.75) is 18.9 Å². The van der Waals surface area contributed by atoms with Gasteiger partial charge in [-0.05, 0) is 38.4 Å². The van der Waals surface area contributed by atoms with Crippen LogP contribution in [-0.4, -0.2) is 57.0 Å². The highest BCUT2D eigenvalue weighted by Crippen LogP contribution is 2.22. The summed E-state index contributed by atoms with van der Waals surface area (Å²) < 4.78 is 0. The standard InChI is InChI=1S/C16H28N4S/c1-6-7-8-11-20(5)16(17-2)18-13-14(19(3)4)15-10-9-12-21-15/h6,9-10,12,14H,1,7-8,11,13H2,2-5H3,(H,17,18). The molecule has 0 aliphatic rings. The van der Waals surface area contributed by atoms with Crippen molar-refractivity contribution in [3.05, 3.63) is 35.0 Å². The second kappa shape index (κ2) is 9.58. The summed E-state index contributed by atoms with van der Waals surface area (Å²) in [5.74, 6) is 0.947. The van der Waals surface area contributed by atoms with Crippen LogP contribution in [0, 0.1) is 0 Å². The molecule has 0 aromatic carbocycles. The Morgan fingerprint density at radius 3 is 2.76 bits per heavy atom. The van der Waals surface area contributed by atoms with E-state index in [-0.39, 0.29) is 0 Å². The number of likely N-dealkylation sites (N-methyl/N-ethyl adjacent to an activating group) is 1. The molecule has 21 heavy (non-hydrogen) atoms. The second-order valence-corrected chi connectivity index (χ2v) is 6.25. The van der Waals surface area contributed by atoms with E-state index in [1.807, 2.05) is 13.1 Å². The minimum atomic E-state index is 0.364. The molecule has 0 saturated heterocycles. The number of nitrogens with one attached hydrogen (secondary N) is 1. The van der Waals surface area contributed by atoms with Crippen molar-refractivity contribution < 1.29 is 0 Å². The van der Waals surface area contributed by atoms with E-state index in [1.165, 1.54) is 4.88 Å². The van der Waals surface area contributed by atoms with E-state index in [1.54, 1.807) is 11.3 Å². The van der Waals surface area contributed by atoms with Crippen LogP contribution in [0.4, 0.5) is 0 Å². The van der Waals surface area contributed by atoms with E-state index in [0.29, 0.717) is 6.04 Å². The minimum Gasteiger partial charge on any atom is -0.354 e. The van der Waals surface area contributed by atoms with E-state index in [4.69, 9.17) is 0 Å². The van der Waals surface area contributed by atoms with Gasteiger partial charge < -0.3 is 15.1 Å². The van der Waals surface area contributed by atoms with E-state index in [0.717, 1.165) is 31.9 Å². The molecule has 0 saturated carbocycles. The van der Waals surface area contributed by atoms with Gasteiger partial charge in [-0.2, -0.15) is 0 Å². The number of aliphatic imine (C=N–C) groups is 1. The Hall–Kier alpha value is -1.33. The van der Waals surface area contributed by atoms with E-state index < -0.39 is 0 Å². The van der Waals surface area contributed by atoms with Crippen molar-refractivity contribution in [3.8, 4) is 0 Å². The summed E-state index contributed by atoms with van der Waals surface area (Å²) in [4.78, 5) is 10.2. The summed E-state index contributed by atoms with van der Waals surface area (Å²) in [5, 5.41) is 5.61. The van der Waals surface area contributed by atoms with Crippen molar-refractivity contribution in [1.82, 2.24) is 15.1 Å². The van der Waals surface area contributed by atoms with Crippen LogP contribution >= 0.6 is 11.3 Å². The Labute approximate surface area is 133 Å². The number of hydrogen-bond acceptors (Lipinski definition) is 3. The molecule has 0 fully saturated rings. The number of rotatable bonds is 8. The zero-order valence-electron chi connectivity index (χ0n) is 13.7. The predicted octanol–water partition coefficient (Wildman–Crippen LogP) is 2.82.